The van der Waals surface area contributed by atoms with Gasteiger partial charge >= 0.3 is 5.97 Å². The lowest BCUT2D eigenvalue weighted by Crippen LogP contribution is -2.58. The summed E-state index contributed by atoms with van der Waals surface area (Å²) in [5.41, 5.74) is 17.6. The molecule has 0 spiro atoms. The number of hydrogen-bond acceptors (Lipinski definition) is 8. The number of thioether (sulfide) groups is 1. The fourth-order valence-electron chi connectivity index (χ4n) is 3.45. The second-order valence-electron chi connectivity index (χ2n) is 8.55. The van der Waals surface area contributed by atoms with Gasteiger partial charge in [-0.1, -0.05) is 30.3 Å². The molecule has 0 radical (unpaired) electrons. The third-order valence-electron chi connectivity index (χ3n) is 5.48. The van der Waals surface area contributed by atoms with Crippen molar-refractivity contribution in [3.63, 3.8) is 0 Å². The predicted molar refractivity (Wildman–Crippen MR) is 141 cm³/mol. The number of nitrogens with one attached hydrogen (secondary N) is 3. The molecule has 1 rings (SSSR count). The quantitative estimate of drug-likeness (QED) is 0.112. The first-order valence-corrected chi connectivity index (χ1v) is 13.4. The van der Waals surface area contributed by atoms with Crippen LogP contribution in [0.2, 0.25) is 0 Å². The summed E-state index contributed by atoms with van der Waals surface area (Å²) in [7, 11) is 0. The Labute approximate surface area is 220 Å². The summed E-state index contributed by atoms with van der Waals surface area (Å²) < 4.78 is 0. The molecular formula is C24H38N6O6S. The molecule has 4 unspecified atom stereocenters. The van der Waals surface area contributed by atoms with Crippen LogP contribution in [-0.4, -0.2) is 77.4 Å². The van der Waals surface area contributed by atoms with Crippen LogP contribution in [0.25, 0.3) is 0 Å². The number of carboxylic acids is 1. The normalized spacial score (nSPS) is 14.0. The summed E-state index contributed by atoms with van der Waals surface area (Å²) in [6.07, 6.45) is 2.94. The van der Waals surface area contributed by atoms with Gasteiger partial charge in [-0.15, -0.1) is 0 Å². The molecule has 0 aliphatic rings. The van der Waals surface area contributed by atoms with Gasteiger partial charge in [0.1, 0.15) is 18.1 Å². The molecule has 12 nitrogen and oxygen atoms in total. The van der Waals surface area contributed by atoms with Gasteiger partial charge in [-0.25, -0.2) is 4.79 Å². The van der Waals surface area contributed by atoms with E-state index in [0.717, 1.165) is 5.56 Å². The molecule has 0 saturated heterocycles. The lowest BCUT2D eigenvalue weighted by Gasteiger charge is -2.24. The van der Waals surface area contributed by atoms with Crippen molar-refractivity contribution in [2.75, 3.05) is 18.6 Å². The summed E-state index contributed by atoms with van der Waals surface area (Å²) in [5, 5.41) is 16.8. The van der Waals surface area contributed by atoms with Crippen LogP contribution in [0.1, 0.15) is 37.7 Å². The first-order chi connectivity index (χ1) is 17.6. The van der Waals surface area contributed by atoms with Gasteiger partial charge in [-0.05, 0) is 56.2 Å². The number of nitrogens with two attached hydrogens (primary N) is 3. The molecule has 206 valence electrons. The highest BCUT2D eigenvalue weighted by molar-refractivity contribution is 7.98. The minimum Gasteiger partial charge on any atom is -0.480 e. The minimum absolute atomic E-state index is 0.126. The van der Waals surface area contributed by atoms with Crippen LogP contribution in [0.4, 0.5) is 0 Å². The average Bonchev–Trinajstić information content (AvgIpc) is 2.85. The van der Waals surface area contributed by atoms with Crippen LogP contribution in [0.15, 0.2) is 30.3 Å². The highest BCUT2D eigenvalue weighted by atomic mass is 32.2. The van der Waals surface area contributed by atoms with Crippen LogP contribution >= 0.6 is 11.8 Å². The molecule has 4 amide bonds. The van der Waals surface area contributed by atoms with E-state index >= 15 is 0 Å². The van der Waals surface area contributed by atoms with Gasteiger partial charge in [0.2, 0.25) is 23.6 Å². The van der Waals surface area contributed by atoms with E-state index in [-0.39, 0.29) is 19.3 Å². The molecule has 1 aromatic carbocycles. The topological polar surface area (TPSA) is 220 Å². The van der Waals surface area contributed by atoms with Gasteiger partial charge < -0.3 is 38.3 Å². The number of primary amides is 1. The Morgan fingerprint density at radius 3 is 2.05 bits per heavy atom. The Morgan fingerprint density at radius 2 is 1.49 bits per heavy atom. The van der Waals surface area contributed by atoms with Crippen molar-refractivity contribution in [1.82, 2.24) is 16.0 Å². The molecule has 4 atom stereocenters. The van der Waals surface area contributed by atoms with Crippen LogP contribution in [0.5, 0.6) is 0 Å². The fraction of sp³-hybridized carbons (Fsp3) is 0.542. The molecule has 0 aromatic heterocycles. The van der Waals surface area contributed by atoms with Crippen molar-refractivity contribution in [1.29, 1.82) is 0 Å². The van der Waals surface area contributed by atoms with Gasteiger partial charge in [0, 0.05) is 0 Å². The lowest BCUT2D eigenvalue weighted by molar-refractivity contribution is -0.142. The monoisotopic (exact) mass is 538 g/mol. The number of benzene rings is 1. The Kier molecular flexibility index (Phi) is 14.9. The maximum absolute atomic E-state index is 13.1. The van der Waals surface area contributed by atoms with E-state index in [1.807, 2.05) is 36.6 Å². The molecule has 10 N–H and O–H groups in total. The third-order valence-corrected chi connectivity index (χ3v) is 6.12. The van der Waals surface area contributed by atoms with E-state index in [9.17, 15) is 29.1 Å². The van der Waals surface area contributed by atoms with E-state index in [1.54, 1.807) is 0 Å². The van der Waals surface area contributed by atoms with E-state index < -0.39 is 60.2 Å². The average molecular weight is 539 g/mol. The Hall–Kier alpha value is -3.16. The second-order valence-corrected chi connectivity index (χ2v) is 9.54. The highest BCUT2D eigenvalue weighted by Crippen LogP contribution is 2.07. The fourth-order valence-corrected chi connectivity index (χ4v) is 3.92. The molecule has 1 aromatic rings. The lowest BCUT2D eigenvalue weighted by atomic mass is 10.0. The number of rotatable bonds is 18. The maximum Gasteiger partial charge on any atom is 0.326 e. The zero-order valence-electron chi connectivity index (χ0n) is 21.0. The number of carbonyl (C=O) groups is 5. The van der Waals surface area contributed by atoms with E-state index in [4.69, 9.17) is 17.2 Å². The van der Waals surface area contributed by atoms with Crippen molar-refractivity contribution < 1.29 is 29.1 Å². The van der Waals surface area contributed by atoms with Gasteiger partial charge in [0.05, 0.1) is 12.5 Å². The Morgan fingerprint density at radius 1 is 0.892 bits per heavy atom. The van der Waals surface area contributed by atoms with Gasteiger partial charge in [0.15, 0.2) is 0 Å². The number of amides is 4. The number of carboxylic acid groups (broad SMARTS) is 1. The van der Waals surface area contributed by atoms with Crippen molar-refractivity contribution in [2.24, 2.45) is 17.2 Å². The Balaban J connectivity index is 2.92. The molecule has 0 bridgehead atoms. The standard InChI is InChI=1S/C24H38N6O6S/c1-37-12-10-17(28-21(32)16(26)13-15-7-3-2-4-8-15)22(33)30-19(14-20(27)31)23(34)29-18(24(35)36)9-5-6-11-25/h2-4,7-8,16-19H,5-6,9-14,25-26H2,1H3,(H2,27,31)(H,28,32)(H,29,34)(H,30,33)(H,35,36). The molecule has 0 aliphatic heterocycles. The van der Waals surface area contributed by atoms with Gasteiger partial charge in [-0.3, -0.25) is 19.2 Å². The first kappa shape index (κ1) is 31.9. The summed E-state index contributed by atoms with van der Waals surface area (Å²) >= 11 is 1.45. The smallest absolute Gasteiger partial charge is 0.326 e. The number of unbranched alkanes of at least 4 members (excludes halogenated alkanes) is 1. The molecule has 0 fully saturated rings. The van der Waals surface area contributed by atoms with Crippen molar-refractivity contribution >= 4 is 41.4 Å². The van der Waals surface area contributed by atoms with Crippen LogP contribution in [-0.2, 0) is 30.4 Å². The van der Waals surface area contributed by atoms with Gasteiger partial charge in [-0.2, -0.15) is 11.8 Å². The van der Waals surface area contributed by atoms with Crippen LogP contribution < -0.4 is 33.2 Å². The molecule has 0 saturated carbocycles. The molecule has 13 heteroatoms. The van der Waals surface area contributed by atoms with Crippen molar-refractivity contribution in [3.05, 3.63) is 35.9 Å². The minimum atomic E-state index is -1.42. The Bertz CT molecular complexity index is 903. The number of carbonyl (C=O) groups excluding carboxylic acids is 4. The summed E-state index contributed by atoms with van der Waals surface area (Å²) in [6.45, 7) is 0.374. The SMILES string of the molecule is CSCCC(NC(=O)C(N)Cc1ccccc1)C(=O)NC(CC(N)=O)C(=O)NC(CCCCN)C(=O)O. The van der Waals surface area contributed by atoms with Crippen LogP contribution in [0, 0.1) is 0 Å². The zero-order chi connectivity index (χ0) is 27.8. The summed E-state index contributed by atoms with van der Waals surface area (Å²) in [4.78, 5) is 61.7. The predicted octanol–water partition coefficient (Wildman–Crippen LogP) is -1.15. The first-order valence-electron chi connectivity index (χ1n) is 12.0. The van der Waals surface area contributed by atoms with Crippen LogP contribution in [0.3, 0.4) is 0 Å². The largest absolute Gasteiger partial charge is 0.480 e. The maximum atomic E-state index is 13.1. The molecule has 0 aliphatic carbocycles. The number of hydrogen-bond donors (Lipinski definition) is 7. The second kappa shape index (κ2) is 17.3. The van der Waals surface area contributed by atoms with Gasteiger partial charge in [0.25, 0.3) is 0 Å². The van der Waals surface area contributed by atoms with E-state index in [0.29, 0.717) is 25.1 Å². The molecule has 37 heavy (non-hydrogen) atoms. The van der Waals surface area contributed by atoms with Crippen molar-refractivity contribution in [3.8, 4) is 0 Å². The zero-order valence-corrected chi connectivity index (χ0v) is 21.8. The molecule has 0 heterocycles. The summed E-state index contributed by atoms with van der Waals surface area (Å²) in [6, 6.07) is 4.55. The van der Waals surface area contributed by atoms with E-state index in [1.165, 1.54) is 11.8 Å². The molecular weight excluding hydrogens is 500 g/mol. The van der Waals surface area contributed by atoms with Crippen molar-refractivity contribution in [2.45, 2.75) is 62.7 Å². The van der Waals surface area contributed by atoms with E-state index in [2.05, 4.69) is 16.0 Å². The third kappa shape index (κ3) is 12.6. The number of aliphatic carboxylic acids is 1. The highest BCUT2D eigenvalue weighted by Gasteiger charge is 2.31. The summed E-state index contributed by atoms with van der Waals surface area (Å²) in [5.74, 6) is -3.75.